The molecule has 1 aliphatic heterocycles. The Morgan fingerprint density at radius 3 is 2.46 bits per heavy atom. The molecule has 1 aromatic carbocycles. The lowest BCUT2D eigenvalue weighted by Gasteiger charge is -2.35. The summed E-state index contributed by atoms with van der Waals surface area (Å²) in [4.78, 5) is 4.61. The molecular formula is C18H30N4O2S2. The number of piperazine rings is 1. The zero-order valence-electron chi connectivity index (χ0n) is 16.2. The van der Waals surface area contributed by atoms with Gasteiger partial charge in [-0.2, -0.15) is 4.31 Å². The molecule has 0 aliphatic carbocycles. The van der Waals surface area contributed by atoms with Crippen molar-refractivity contribution >= 4 is 27.4 Å². The van der Waals surface area contributed by atoms with Crippen molar-refractivity contribution in [1.82, 2.24) is 19.4 Å². The maximum atomic E-state index is 13.0. The van der Waals surface area contributed by atoms with E-state index in [0.717, 1.165) is 30.6 Å². The van der Waals surface area contributed by atoms with Crippen LogP contribution in [0.5, 0.6) is 0 Å². The molecule has 0 unspecified atom stereocenters. The first kappa shape index (κ1) is 21.1. The fourth-order valence-electron chi connectivity index (χ4n) is 2.96. The average molecular weight is 399 g/mol. The topological polar surface area (TPSA) is 55.9 Å². The fraction of sp³-hybridized carbons (Fsp3) is 0.611. The molecule has 1 saturated heterocycles. The van der Waals surface area contributed by atoms with E-state index < -0.39 is 10.0 Å². The summed E-state index contributed by atoms with van der Waals surface area (Å²) in [6.45, 7) is 7.74. The molecule has 1 heterocycles. The highest BCUT2D eigenvalue weighted by atomic mass is 32.2. The van der Waals surface area contributed by atoms with Gasteiger partial charge in [0.2, 0.25) is 10.0 Å². The zero-order chi connectivity index (χ0) is 19.3. The Labute approximate surface area is 163 Å². The molecule has 8 heteroatoms. The molecule has 2 rings (SSSR count). The van der Waals surface area contributed by atoms with Gasteiger partial charge < -0.3 is 15.1 Å². The van der Waals surface area contributed by atoms with Crippen molar-refractivity contribution in [3.63, 3.8) is 0 Å². The van der Waals surface area contributed by atoms with Gasteiger partial charge in [-0.05, 0) is 70.3 Å². The third kappa shape index (κ3) is 5.39. The van der Waals surface area contributed by atoms with Crippen LogP contribution in [-0.4, -0.2) is 81.0 Å². The molecule has 1 aromatic rings. The van der Waals surface area contributed by atoms with E-state index in [0.29, 0.717) is 36.2 Å². The minimum absolute atomic E-state index is 0.412. The van der Waals surface area contributed by atoms with Crippen molar-refractivity contribution in [2.75, 3.05) is 53.4 Å². The molecule has 0 amide bonds. The molecule has 146 valence electrons. The summed E-state index contributed by atoms with van der Waals surface area (Å²) in [6.07, 6.45) is 1.02. The Balaban J connectivity index is 1.91. The maximum absolute atomic E-state index is 13.0. The standard InChI is InChI=1S/C18H30N4O2S2/c1-15-6-7-16(2)17(14-15)26(23,24)22-12-10-21(11-13-22)18(25)19-8-5-9-20(3)4/h6-7,14H,5,8-13H2,1-4H3,(H,19,25). The van der Waals surface area contributed by atoms with Crippen LogP contribution in [0, 0.1) is 13.8 Å². The van der Waals surface area contributed by atoms with E-state index in [2.05, 4.69) is 15.1 Å². The molecule has 0 bridgehead atoms. The van der Waals surface area contributed by atoms with E-state index >= 15 is 0 Å². The molecule has 1 fully saturated rings. The van der Waals surface area contributed by atoms with Gasteiger partial charge in [-0.25, -0.2) is 8.42 Å². The summed E-state index contributed by atoms with van der Waals surface area (Å²) >= 11 is 5.45. The average Bonchev–Trinajstić information content (AvgIpc) is 2.60. The molecule has 26 heavy (non-hydrogen) atoms. The summed E-state index contributed by atoms with van der Waals surface area (Å²) in [6, 6.07) is 5.56. The third-order valence-electron chi connectivity index (χ3n) is 4.55. The number of nitrogens with one attached hydrogen (secondary N) is 1. The number of rotatable bonds is 6. The van der Waals surface area contributed by atoms with E-state index in [1.165, 1.54) is 0 Å². The van der Waals surface area contributed by atoms with Crippen molar-refractivity contribution in [3.8, 4) is 0 Å². The molecule has 0 radical (unpaired) electrons. The summed E-state index contributed by atoms with van der Waals surface area (Å²) in [5.41, 5.74) is 1.74. The van der Waals surface area contributed by atoms with Gasteiger partial charge in [0.1, 0.15) is 0 Å². The van der Waals surface area contributed by atoms with E-state index in [1.807, 2.05) is 40.1 Å². The van der Waals surface area contributed by atoms with Crippen LogP contribution in [0.2, 0.25) is 0 Å². The van der Waals surface area contributed by atoms with Crippen LogP contribution in [0.25, 0.3) is 0 Å². The van der Waals surface area contributed by atoms with Gasteiger partial charge in [0.25, 0.3) is 0 Å². The lowest BCUT2D eigenvalue weighted by atomic mass is 10.2. The predicted molar refractivity (Wildman–Crippen MR) is 110 cm³/mol. The smallest absolute Gasteiger partial charge is 0.243 e. The fourth-order valence-corrected chi connectivity index (χ4v) is 4.97. The Bertz CT molecular complexity index is 727. The summed E-state index contributed by atoms with van der Waals surface area (Å²) < 4.78 is 27.5. The monoisotopic (exact) mass is 398 g/mol. The highest BCUT2D eigenvalue weighted by Crippen LogP contribution is 2.22. The van der Waals surface area contributed by atoms with Crippen LogP contribution in [-0.2, 0) is 10.0 Å². The third-order valence-corrected chi connectivity index (χ3v) is 6.99. The Kier molecular flexibility index (Phi) is 7.40. The van der Waals surface area contributed by atoms with Crippen LogP contribution in [0.1, 0.15) is 17.5 Å². The summed E-state index contributed by atoms with van der Waals surface area (Å²) in [7, 11) is 0.642. The SMILES string of the molecule is Cc1ccc(C)c(S(=O)(=O)N2CCN(C(=S)NCCCN(C)C)CC2)c1. The second-order valence-electron chi connectivity index (χ2n) is 7.05. The number of sulfonamides is 1. The maximum Gasteiger partial charge on any atom is 0.243 e. The van der Waals surface area contributed by atoms with Crippen molar-refractivity contribution in [2.24, 2.45) is 0 Å². The van der Waals surface area contributed by atoms with Gasteiger partial charge in [-0.3, -0.25) is 0 Å². The molecule has 0 atom stereocenters. The first-order chi connectivity index (χ1) is 12.2. The van der Waals surface area contributed by atoms with Gasteiger partial charge >= 0.3 is 0 Å². The normalized spacial score (nSPS) is 16.1. The van der Waals surface area contributed by atoms with Crippen LogP contribution in [0.3, 0.4) is 0 Å². The highest BCUT2D eigenvalue weighted by Gasteiger charge is 2.30. The highest BCUT2D eigenvalue weighted by molar-refractivity contribution is 7.89. The van der Waals surface area contributed by atoms with Crippen LogP contribution in [0.4, 0.5) is 0 Å². The quantitative estimate of drug-likeness (QED) is 0.578. The molecule has 6 nitrogen and oxygen atoms in total. The van der Waals surface area contributed by atoms with E-state index in [4.69, 9.17) is 12.2 Å². The molecule has 0 aromatic heterocycles. The largest absolute Gasteiger partial charge is 0.363 e. The number of hydrogen-bond acceptors (Lipinski definition) is 4. The van der Waals surface area contributed by atoms with Crippen LogP contribution < -0.4 is 5.32 Å². The van der Waals surface area contributed by atoms with Crippen molar-refractivity contribution < 1.29 is 8.42 Å². The van der Waals surface area contributed by atoms with Gasteiger partial charge in [-0.1, -0.05) is 12.1 Å². The van der Waals surface area contributed by atoms with Crippen LogP contribution in [0.15, 0.2) is 23.1 Å². The lowest BCUT2D eigenvalue weighted by molar-refractivity contribution is 0.263. The molecule has 1 N–H and O–H groups in total. The summed E-state index contributed by atoms with van der Waals surface area (Å²) in [5.74, 6) is 0. The lowest BCUT2D eigenvalue weighted by Crippen LogP contribution is -2.53. The molecule has 0 spiro atoms. The molecular weight excluding hydrogens is 368 g/mol. The van der Waals surface area contributed by atoms with E-state index in [1.54, 1.807) is 10.4 Å². The van der Waals surface area contributed by atoms with Crippen molar-refractivity contribution in [3.05, 3.63) is 29.3 Å². The number of thiocarbonyl (C=S) groups is 1. The second-order valence-corrected chi connectivity index (χ2v) is 9.34. The number of aryl methyl sites for hydroxylation is 2. The second kappa shape index (κ2) is 9.12. The van der Waals surface area contributed by atoms with E-state index in [9.17, 15) is 8.42 Å². The minimum Gasteiger partial charge on any atom is -0.363 e. The van der Waals surface area contributed by atoms with Gasteiger partial charge in [0, 0.05) is 32.7 Å². The van der Waals surface area contributed by atoms with E-state index in [-0.39, 0.29) is 0 Å². The van der Waals surface area contributed by atoms with Crippen molar-refractivity contribution in [2.45, 2.75) is 25.2 Å². The van der Waals surface area contributed by atoms with Crippen LogP contribution >= 0.6 is 12.2 Å². The first-order valence-electron chi connectivity index (χ1n) is 8.96. The van der Waals surface area contributed by atoms with Gasteiger partial charge in [0.15, 0.2) is 5.11 Å². The Morgan fingerprint density at radius 1 is 1.19 bits per heavy atom. The Hall–Kier alpha value is -1.22. The molecule has 0 saturated carbocycles. The van der Waals surface area contributed by atoms with Gasteiger partial charge in [-0.15, -0.1) is 0 Å². The Morgan fingerprint density at radius 2 is 1.85 bits per heavy atom. The predicted octanol–water partition coefficient (Wildman–Crippen LogP) is 1.44. The molecule has 1 aliphatic rings. The summed E-state index contributed by atoms with van der Waals surface area (Å²) in [5, 5.41) is 3.99. The van der Waals surface area contributed by atoms with Crippen molar-refractivity contribution in [1.29, 1.82) is 0 Å². The number of nitrogens with zero attached hydrogens (tertiary/aromatic N) is 3. The van der Waals surface area contributed by atoms with Gasteiger partial charge in [0.05, 0.1) is 4.90 Å². The number of hydrogen-bond donors (Lipinski definition) is 1. The first-order valence-corrected chi connectivity index (χ1v) is 10.8. The minimum atomic E-state index is -3.46. The number of benzene rings is 1. The zero-order valence-corrected chi connectivity index (χ0v) is 17.8.